The van der Waals surface area contributed by atoms with Crippen LogP contribution in [-0.4, -0.2) is 45.0 Å². The van der Waals surface area contributed by atoms with Crippen molar-refractivity contribution in [3.8, 4) is 0 Å². The number of thiazole rings is 1. The van der Waals surface area contributed by atoms with Crippen molar-refractivity contribution in [3.63, 3.8) is 0 Å². The van der Waals surface area contributed by atoms with Crippen LogP contribution in [0, 0.1) is 0 Å². The van der Waals surface area contributed by atoms with Gasteiger partial charge in [0.05, 0.1) is 6.20 Å². The monoisotopic (exact) mass is 319 g/mol. The highest BCUT2D eigenvalue weighted by atomic mass is 32.1. The van der Waals surface area contributed by atoms with E-state index in [-0.39, 0.29) is 11.8 Å². The number of amides is 2. The largest absolute Gasteiger partial charge is 0.337 e. The molecular weight excluding hydrogens is 302 g/mol. The first-order chi connectivity index (χ1) is 10.6. The molecule has 3 heterocycles. The van der Waals surface area contributed by atoms with Gasteiger partial charge >= 0.3 is 0 Å². The number of hydrogen-bond donors (Lipinski definition) is 2. The average molecular weight is 319 g/mol. The summed E-state index contributed by atoms with van der Waals surface area (Å²) in [7, 11) is 0. The Labute approximate surface area is 131 Å². The van der Waals surface area contributed by atoms with Crippen molar-refractivity contribution in [2.45, 2.75) is 25.7 Å². The molecule has 22 heavy (non-hydrogen) atoms. The van der Waals surface area contributed by atoms with E-state index in [0.29, 0.717) is 29.8 Å². The van der Waals surface area contributed by atoms with E-state index in [2.05, 4.69) is 20.5 Å². The standard InChI is InChI=1S/C14H17N5O2S/c1-9(20)17-14-18-12(8-22-14)13(21)19-4-2-10(3-5-19)11-6-15-16-7-11/h6-8,10H,2-5H2,1H3,(H,15,16)(H,17,18,20). The minimum atomic E-state index is -0.186. The molecule has 0 atom stereocenters. The van der Waals surface area contributed by atoms with E-state index in [1.54, 1.807) is 5.38 Å². The lowest BCUT2D eigenvalue weighted by molar-refractivity contribution is -0.114. The fourth-order valence-electron chi connectivity index (χ4n) is 2.64. The lowest BCUT2D eigenvalue weighted by Crippen LogP contribution is -2.38. The summed E-state index contributed by atoms with van der Waals surface area (Å²) in [5.74, 6) is 0.195. The van der Waals surface area contributed by atoms with E-state index in [4.69, 9.17) is 0 Å². The molecule has 1 fully saturated rings. The summed E-state index contributed by atoms with van der Waals surface area (Å²) >= 11 is 1.27. The lowest BCUT2D eigenvalue weighted by Gasteiger charge is -2.31. The van der Waals surface area contributed by atoms with Gasteiger partial charge in [0.2, 0.25) is 5.91 Å². The Hall–Kier alpha value is -2.22. The van der Waals surface area contributed by atoms with Gasteiger partial charge in [-0.05, 0) is 24.3 Å². The molecule has 7 nitrogen and oxygen atoms in total. The third-order valence-electron chi connectivity index (χ3n) is 3.78. The molecule has 2 aromatic heterocycles. The van der Waals surface area contributed by atoms with Gasteiger partial charge in [-0.3, -0.25) is 14.7 Å². The molecule has 1 aliphatic rings. The second-order valence-electron chi connectivity index (χ2n) is 5.32. The van der Waals surface area contributed by atoms with Crippen LogP contribution < -0.4 is 5.32 Å². The van der Waals surface area contributed by atoms with Gasteiger partial charge < -0.3 is 10.2 Å². The smallest absolute Gasteiger partial charge is 0.273 e. The minimum absolute atomic E-state index is 0.0708. The minimum Gasteiger partial charge on any atom is -0.337 e. The van der Waals surface area contributed by atoms with Crippen LogP contribution in [0.4, 0.5) is 5.13 Å². The predicted octanol–water partition coefficient (Wildman–Crippen LogP) is 1.84. The maximum Gasteiger partial charge on any atom is 0.273 e. The number of carbonyl (C=O) groups excluding carboxylic acids is 2. The number of likely N-dealkylation sites (tertiary alicyclic amines) is 1. The van der Waals surface area contributed by atoms with Crippen molar-refractivity contribution < 1.29 is 9.59 Å². The van der Waals surface area contributed by atoms with Gasteiger partial charge in [-0.1, -0.05) is 0 Å². The SMILES string of the molecule is CC(=O)Nc1nc(C(=O)N2CCC(c3cn[nH]c3)CC2)cs1. The predicted molar refractivity (Wildman–Crippen MR) is 82.9 cm³/mol. The van der Waals surface area contributed by atoms with Gasteiger partial charge in [0.1, 0.15) is 5.69 Å². The van der Waals surface area contributed by atoms with Crippen molar-refractivity contribution in [2.75, 3.05) is 18.4 Å². The van der Waals surface area contributed by atoms with Crippen LogP contribution in [0.2, 0.25) is 0 Å². The Morgan fingerprint density at radius 3 is 2.82 bits per heavy atom. The van der Waals surface area contributed by atoms with E-state index in [0.717, 1.165) is 12.8 Å². The maximum absolute atomic E-state index is 12.4. The van der Waals surface area contributed by atoms with Gasteiger partial charge in [0.25, 0.3) is 5.91 Å². The first-order valence-electron chi connectivity index (χ1n) is 7.14. The molecule has 1 aliphatic heterocycles. The number of anilines is 1. The molecular formula is C14H17N5O2S. The lowest BCUT2D eigenvalue weighted by atomic mass is 9.91. The summed E-state index contributed by atoms with van der Waals surface area (Å²) in [6.07, 6.45) is 5.62. The van der Waals surface area contributed by atoms with Crippen molar-refractivity contribution in [3.05, 3.63) is 29.0 Å². The zero-order valence-electron chi connectivity index (χ0n) is 12.2. The van der Waals surface area contributed by atoms with Gasteiger partial charge in [-0.2, -0.15) is 5.10 Å². The molecule has 0 aliphatic carbocycles. The van der Waals surface area contributed by atoms with Crippen LogP contribution in [0.3, 0.4) is 0 Å². The molecule has 0 radical (unpaired) electrons. The summed E-state index contributed by atoms with van der Waals surface area (Å²) < 4.78 is 0. The molecule has 2 amide bonds. The van der Waals surface area contributed by atoms with E-state index < -0.39 is 0 Å². The molecule has 0 saturated carbocycles. The van der Waals surface area contributed by atoms with Crippen molar-refractivity contribution >= 4 is 28.3 Å². The molecule has 3 rings (SSSR count). The van der Waals surface area contributed by atoms with Gasteiger partial charge in [0, 0.05) is 31.6 Å². The van der Waals surface area contributed by atoms with Crippen molar-refractivity contribution in [1.29, 1.82) is 0 Å². The fourth-order valence-corrected chi connectivity index (χ4v) is 3.37. The summed E-state index contributed by atoms with van der Waals surface area (Å²) in [6.45, 7) is 2.84. The first-order valence-corrected chi connectivity index (χ1v) is 8.02. The van der Waals surface area contributed by atoms with Crippen molar-refractivity contribution in [2.24, 2.45) is 0 Å². The van der Waals surface area contributed by atoms with E-state index in [1.165, 1.54) is 23.8 Å². The third-order valence-corrected chi connectivity index (χ3v) is 4.54. The summed E-state index contributed by atoms with van der Waals surface area (Å²) in [5, 5.41) is 11.6. The normalized spacial score (nSPS) is 15.8. The molecule has 2 aromatic rings. The Morgan fingerprint density at radius 1 is 1.41 bits per heavy atom. The van der Waals surface area contributed by atoms with Crippen LogP contribution >= 0.6 is 11.3 Å². The molecule has 0 bridgehead atoms. The van der Waals surface area contributed by atoms with Crippen LogP contribution in [0.5, 0.6) is 0 Å². The fraction of sp³-hybridized carbons (Fsp3) is 0.429. The number of aromatic amines is 1. The van der Waals surface area contributed by atoms with E-state index >= 15 is 0 Å². The molecule has 0 spiro atoms. The van der Waals surface area contributed by atoms with Crippen LogP contribution in [0.15, 0.2) is 17.8 Å². The number of carbonyl (C=O) groups is 2. The molecule has 0 unspecified atom stereocenters. The summed E-state index contributed by atoms with van der Waals surface area (Å²) in [6, 6.07) is 0. The highest BCUT2D eigenvalue weighted by Crippen LogP contribution is 2.28. The second-order valence-corrected chi connectivity index (χ2v) is 6.18. The molecule has 1 saturated heterocycles. The van der Waals surface area contributed by atoms with Crippen LogP contribution in [-0.2, 0) is 4.79 Å². The topological polar surface area (TPSA) is 91.0 Å². The quantitative estimate of drug-likeness (QED) is 0.903. The van der Waals surface area contributed by atoms with Crippen LogP contribution in [0.25, 0.3) is 0 Å². The molecule has 116 valence electrons. The maximum atomic E-state index is 12.4. The zero-order valence-corrected chi connectivity index (χ0v) is 13.0. The van der Waals surface area contributed by atoms with Crippen LogP contribution in [0.1, 0.15) is 41.7 Å². The van der Waals surface area contributed by atoms with Gasteiger partial charge in [-0.25, -0.2) is 4.98 Å². The number of nitrogens with one attached hydrogen (secondary N) is 2. The summed E-state index contributed by atoms with van der Waals surface area (Å²) in [4.78, 5) is 29.4. The second kappa shape index (κ2) is 6.27. The first kappa shape index (κ1) is 14.7. The summed E-state index contributed by atoms with van der Waals surface area (Å²) in [5.41, 5.74) is 1.60. The number of rotatable bonds is 3. The highest BCUT2D eigenvalue weighted by molar-refractivity contribution is 7.14. The number of aromatic nitrogens is 3. The molecule has 2 N–H and O–H groups in total. The number of nitrogens with zero attached hydrogens (tertiary/aromatic N) is 3. The Morgan fingerprint density at radius 2 is 2.18 bits per heavy atom. The number of H-pyrrole nitrogens is 1. The van der Waals surface area contributed by atoms with Crippen molar-refractivity contribution in [1.82, 2.24) is 20.1 Å². The Kier molecular flexibility index (Phi) is 4.19. The number of hydrogen-bond acceptors (Lipinski definition) is 5. The average Bonchev–Trinajstić information content (AvgIpc) is 3.17. The molecule has 0 aromatic carbocycles. The molecule has 8 heteroatoms. The van der Waals surface area contributed by atoms with Gasteiger partial charge in [0.15, 0.2) is 5.13 Å². The highest BCUT2D eigenvalue weighted by Gasteiger charge is 2.26. The zero-order chi connectivity index (χ0) is 15.5. The van der Waals surface area contributed by atoms with E-state index in [1.807, 2.05) is 17.3 Å². The third kappa shape index (κ3) is 3.16. The Balaban J connectivity index is 1.60. The number of piperidine rings is 1. The Bertz CT molecular complexity index is 659. The van der Waals surface area contributed by atoms with E-state index in [9.17, 15) is 9.59 Å². The van der Waals surface area contributed by atoms with Gasteiger partial charge in [-0.15, -0.1) is 11.3 Å².